The lowest BCUT2D eigenvalue weighted by atomic mass is 9.93. The van der Waals surface area contributed by atoms with E-state index in [4.69, 9.17) is 16.3 Å². The summed E-state index contributed by atoms with van der Waals surface area (Å²) in [4.78, 5) is 26.7. The number of amides is 1. The molecule has 5 nitrogen and oxygen atoms in total. The number of alkyl carbamates (subject to hydrolysis) is 1. The van der Waals surface area contributed by atoms with Crippen LogP contribution in [0.4, 0.5) is 4.79 Å². The first-order valence-electron chi connectivity index (χ1n) is 6.89. The monoisotopic (exact) mass is 322 g/mol. The summed E-state index contributed by atoms with van der Waals surface area (Å²) in [6.07, 6.45) is 1.73. The van der Waals surface area contributed by atoms with E-state index in [-0.39, 0.29) is 0 Å². The van der Waals surface area contributed by atoms with Gasteiger partial charge >= 0.3 is 6.09 Å². The van der Waals surface area contributed by atoms with Gasteiger partial charge in [-0.2, -0.15) is 0 Å². The van der Waals surface area contributed by atoms with E-state index >= 15 is 0 Å². The van der Waals surface area contributed by atoms with Crippen LogP contribution in [-0.4, -0.2) is 23.0 Å². The van der Waals surface area contributed by atoms with Crippen molar-refractivity contribution in [2.45, 2.75) is 38.8 Å². The molecule has 0 saturated heterocycles. The number of ether oxygens (including phenoxy) is 1. The smallest absolute Gasteiger partial charge is 0.408 e. The molecule has 0 fully saturated rings. The highest BCUT2D eigenvalue weighted by Crippen LogP contribution is 2.29. The van der Waals surface area contributed by atoms with E-state index in [0.29, 0.717) is 16.9 Å². The molecule has 6 heteroatoms. The van der Waals surface area contributed by atoms with Gasteiger partial charge in [-0.3, -0.25) is 0 Å². The van der Waals surface area contributed by atoms with Crippen molar-refractivity contribution >= 4 is 34.9 Å². The largest absolute Gasteiger partial charge is 0.444 e. The molecule has 0 radical (unpaired) electrons. The van der Waals surface area contributed by atoms with Crippen molar-refractivity contribution in [3.8, 4) is 0 Å². The number of aromatic nitrogens is 1. The molecule has 0 bridgehead atoms. The van der Waals surface area contributed by atoms with E-state index in [1.165, 1.54) is 0 Å². The standard InChI is InChI=1S/C16H19ClN2O3/c1-15(2,3)22-14(21)19-16(4,9-20)12-8-18-13-7-10(17)5-6-11(12)13/h5-9,18H,1-4H3,(H,19,21). The average molecular weight is 323 g/mol. The minimum absolute atomic E-state index is 0.591. The molecular formula is C16H19ClN2O3. The van der Waals surface area contributed by atoms with Gasteiger partial charge in [-0.25, -0.2) is 4.79 Å². The molecule has 1 heterocycles. The number of benzene rings is 1. The predicted molar refractivity (Wildman–Crippen MR) is 86.1 cm³/mol. The molecule has 2 N–H and O–H groups in total. The molecule has 0 spiro atoms. The highest BCUT2D eigenvalue weighted by Gasteiger charge is 2.32. The van der Waals surface area contributed by atoms with E-state index in [1.54, 1.807) is 46.0 Å². The van der Waals surface area contributed by atoms with Gasteiger partial charge in [-0.05, 0) is 39.8 Å². The quantitative estimate of drug-likeness (QED) is 0.845. The van der Waals surface area contributed by atoms with Crippen LogP contribution in [0.25, 0.3) is 10.9 Å². The van der Waals surface area contributed by atoms with Crippen LogP contribution < -0.4 is 5.32 Å². The number of carbonyl (C=O) groups is 2. The van der Waals surface area contributed by atoms with Gasteiger partial charge in [0.15, 0.2) is 0 Å². The van der Waals surface area contributed by atoms with Crippen LogP contribution in [-0.2, 0) is 15.1 Å². The Morgan fingerprint density at radius 1 is 1.32 bits per heavy atom. The fourth-order valence-electron chi connectivity index (χ4n) is 2.20. The fourth-order valence-corrected chi connectivity index (χ4v) is 2.38. The summed E-state index contributed by atoms with van der Waals surface area (Å²) in [5.74, 6) is 0. The second-order valence-electron chi connectivity index (χ2n) is 6.34. The lowest BCUT2D eigenvalue weighted by molar-refractivity contribution is -0.113. The number of aromatic amines is 1. The van der Waals surface area contributed by atoms with Crippen molar-refractivity contribution in [3.63, 3.8) is 0 Å². The maximum atomic E-state index is 12.0. The number of H-pyrrole nitrogens is 1. The number of nitrogens with one attached hydrogen (secondary N) is 2. The molecule has 0 aliphatic carbocycles. The summed E-state index contributed by atoms with van der Waals surface area (Å²) in [5.41, 5.74) is -0.391. The van der Waals surface area contributed by atoms with Crippen LogP contribution in [0.5, 0.6) is 0 Å². The third-order valence-electron chi connectivity index (χ3n) is 3.20. The van der Waals surface area contributed by atoms with Crippen molar-refractivity contribution in [1.29, 1.82) is 0 Å². The second kappa shape index (κ2) is 5.65. The van der Waals surface area contributed by atoms with E-state index < -0.39 is 17.2 Å². The third kappa shape index (κ3) is 3.42. The summed E-state index contributed by atoms with van der Waals surface area (Å²) in [5, 5.41) is 4.03. The van der Waals surface area contributed by atoms with Crippen LogP contribution >= 0.6 is 11.6 Å². The van der Waals surface area contributed by atoms with E-state index in [9.17, 15) is 9.59 Å². The van der Waals surface area contributed by atoms with Gasteiger partial charge in [0.25, 0.3) is 0 Å². The normalized spacial score (nSPS) is 14.4. The highest BCUT2D eigenvalue weighted by molar-refractivity contribution is 6.31. The van der Waals surface area contributed by atoms with Crippen molar-refractivity contribution < 1.29 is 14.3 Å². The molecule has 1 amide bonds. The number of aldehydes is 1. The number of hydrogen-bond acceptors (Lipinski definition) is 3. The molecular weight excluding hydrogens is 304 g/mol. The first-order valence-corrected chi connectivity index (χ1v) is 7.27. The Morgan fingerprint density at radius 3 is 2.59 bits per heavy atom. The lowest BCUT2D eigenvalue weighted by Crippen LogP contribution is -2.46. The molecule has 2 rings (SSSR count). The molecule has 118 valence electrons. The number of hydrogen-bond donors (Lipinski definition) is 2. The van der Waals surface area contributed by atoms with Crippen molar-refractivity contribution in [3.05, 3.63) is 35.0 Å². The second-order valence-corrected chi connectivity index (χ2v) is 6.78. The molecule has 0 aliphatic heterocycles. The Hall–Kier alpha value is -2.01. The maximum Gasteiger partial charge on any atom is 0.408 e. The van der Waals surface area contributed by atoms with Gasteiger partial charge in [0, 0.05) is 27.7 Å². The summed E-state index contributed by atoms with van der Waals surface area (Å²) < 4.78 is 5.22. The van der Waals surface area contributed by atoms with Gasteiger partial charge in [0.1, 0.15) is 17.4 Å². The zero-order valence-electron chi connectivity index (χ0n) is 13.0. The first kappa shape index (κ1) is 16.4. The summed E-state index contributed by atoms with van der Waals surface area (Å²) in [6, 6.07) is 5.31. The van der Waals surface area contributed by atoms with E-state index in [0.717, 1.165) is 10.9 Å². The Balaban J connectivity index is 2.36. The van der Waals surface area contributed by atoms with Crippen LogP contribution in [0.15, 0.2) is 24.4 Å². The number of fused-ring (bicyclic) bond motifs is 1. The summed E-state index contributed by atoms with van der Waals surface area (Å²) in [7, 11) is 0. The zero-order valence-corrected chi connectivity index (χ0v) is 13.7. The Labute approximate surface area is 134 Å². The van der Waals surface area contributed by atoms with Crippen molar-refractivity contribution in [2.75, 3.05) is 0 Å². The minimum Gasteiger partial charge on any atom is -0.444 e. The molecule has 1 unspecified atom stereocenters. The Kier molecular flexibility index (Phi) is 4.20. The van der Waals surface area contributed by atoms with Gasteiger partial charge < -0.3 is 19.8 Å². The van der Waals surface area contributed by atoms with E-state index in [1.807, 2.05) is 6.07 Å². The molecule has 22 heavy (non-hydrogen) atoms. The Bertz CT molecular complexity index is 718. The minimum atomic E-state index is -1.20. The number of halogens is 1. The molecule has 0 saturated carbocycles. The summed E-state index contributed by atoms with van der Waals surface area (Å²) >= 11 is 5.95. The maximum absolute atomic E-state index is 12.0. The molecule has 0 aliphatic rings. The average Bonchev–Trinajstić information content (AvgIpc) is 2.79. The Morgan fingerprint density at radius 2 is 2.00 bits per heavy atom. The topological polar surface area (TPSA) is 71.2 Å². The summed E-state index contributed by atoms with van der Waals surface area (Å²) in [6.45, 7) is 6.91. The fraction of sp³-hybridized carbons (Fsp3) is 0.375. The first-order chi connectivity index (χ1) is 10.1. The molecule has 1 aromatic heterocycles. The predicted octanol–water partition coefficient (Wildman–Crippen LogP) is 3.76. The van der Waals surface area contributed by atoms with Gasteiger partial charge in [-0.1, -0.05) is 17.7 Å². The van der Waals surface area contributed by atoms with Crippen LogP contribution in [0.3, 0.4) is 0 Å². The lowest BCUT2D eigenvalue weighted by Gasteiger charge is -2.27. The molecule has 1 aromatic carbocycles. The van der Waals surface area contributed by atoms with Gasteiger partial charge in [-0.15, -0.1) is 0 Å². The van der Waals surface area contributed by atoms with Crippen molar-refractivity contribution in [2.24, 2.45) is 0 Å². The number of rotatable bonds is 3. The van der Waals surface area contributed by atoms with Crippen LogP contribution in [0, 0.1) is 0 Å². The third-order valence-corrected chi connectivity index (χ3v) is 3.43. The SMILES string of the molecule is CC(C)(C)OC(=O)NC(C)(C=O)c1c[nH]c2cc(Cl)ccc12. The van der Waals surface area contributed by atoms with Gasteiger partial charge in [0.05, 0.1) is 0 Å². The van der Waals surface area contributed by atoms with Crippen LogP contribution in [0.1, 0.15) is 33.3 Å². The zero-order chi connectivity index (χ0) is 16.5. The van der Waals surface area contributed by atoms with E-state index in [2.05, 4.69) is 10.3 Å². The number of carbonyl (C=O) groups excluding carboxylic acids is 2. The van der Waals surface area contributed by atoms with Gasteiger partial charge in [0.2, 0.25) is 0 Å². The molecule has 1 atom stereocenters. The van der Waals surface area contributed by atoms with Crippen LogP contribution in [0.2, 0.25) is 5.02 Å². The molecule has 2 aromatic rings. The van der Waals surface area contributed by atoms with Crippen molar-refractivity contribution in [1.82, 2.24) is 10.3 Å². The highest BCUT2D eigenvalue weighted by atomic mass is 35.5.